The molecule has 8 nitrogen and oxygen atoms in total. The maximum atomic E-state index is 13.1. The minimum absolute atomic E-state index is 0.0592. The van der Waals surface area contributed by atoms with Gasteiger partial charge in [-0.25, -0.2) is 4.79 Å². The molecule has 4 unspecified atom stereocenters. The molecule has 33 heavy (non-hydrogen) atoms. The zero-order valence-corrected chi connectivity index (χ0v) is 20.0. The Morgan fingerprint density at radius 1 is 1.03 bits per heavy atom. The highest BCUT2D eigenvalue weighted by Crippen LogP contribution is 2.34. The fraction of sp³-hybridized carbons (Fsp3) is 0.375. The van der Waals surface area contributed by atoms with E-state index in [-0.39, 0.29) is 35.1 Å². The van der Waals surface area contributed by atoms with Crippen molar-refractivity contribution >= 4 is 35.3 Å². The van der Waals surface area contributed by atoms with Crippen molar-refractivity contribution in [1.29, 1.82) is 0 Å². The van der Waals surface area contributed by atoms with Crippen molar-refractivity contribution in [3.05, 3.63) is 65.7 Å². The Morgan fingerprint density at radius 3 is 2.36 bits per heavy atom. The fourth-order valence-corrected chi connectivity index (χ4v) is 5.42. The number of thioether (sulfide) groups is 1. The third kappa shape index (κ3) is 4.62. The lowest BCUT2D eigenvalue weighted by Gasteiger charge is -2.50. The van der Waals surface area contributed by atoms with Gasteiger partial charge in [-0.05, 0) is 24.6 Å². The van der Waals surface area contributed by atoms with Crippen LogP contribution in [0.4, 0.5) is 10.5 Å². The number of nitrogens with one attached hydrogen (secondary N) is 2. The van der Waals surface area contributed by atoms with Crippen LogP contribution in [-0.4, -0.2) is 66.1 Å². The zero-order chi connectivity index (χ0) is 23.7. The molecule has 4 amide bonds. The molecule has 9 heteroatoms. The van der Waals surface area contributed by atoms with E-state index in [1.807, 2.05) is 61.5 Å². The van der Waals surface area contributed by atoms with Gasteiger partial charge in [-0.2, -0.15) is 0 Å². The summed E-state index contributed by atoms with van der Waals surface area (Å²) in [7, 11) is 4.95. The van der Waals surface area contributed by atoms with Crippen molar-refractivity contribution in [2.45, 2.75) is 24.6 Å². The Labute approximate surface area is 198 Å². The summed E-state index contributed by atoms with van der Waals surface area (Å²) in [5, 5.41) is 6.57. The Morgan fingerprint density at radius 2 is 1.70 bits per heavy atom. The molecule has 4 atom stereocenters. The maximum absolute atomic E-state index is 13.1. The minimum atomic E-state index is -0.528. The van der Waals surface area contributed by atoms with Crippen LogP contribution in [0.1, 0.15) is 17.3 Å². The van der Waals surface area contributed by atoms with Gasteiger partial charge in [0, 0.05) is 26.8 Å². The van der Waals surface area contributed by atoms with E-state index < -0.39 is 12.1 Å². The molecular formula is C24H29N5O3S. The van der Waals surface area contributed by atoms with Gasteiger partial charge in [0.05, 0.1) is 29.4 Å². The molecule has 2 fully saturated rings. The van der Waals surface area contributed by atoms with Gasteiger partial charge in [0.25, 0.3) is 0 Å². The number of carbonyl (C=O) groups excluding carboxylic acids is 3. The topological polar surface area (TPSA) is 85.0 Å². The normalized spacial score (nSPS) is 25.1. The van der Waals surface area contributed by atoms with E-state index in [1.54, 1.807) is 23.9 Å². The standard InChI is InChI=1S/C24H29N5O3S/c1-15-10-12-16(13-11-15)20-25-21-19(23(31)29(4)24(32)28(21)3)22(26-20)33-14-18(30)27(2)17-8-6-5-7-9-17/h5-13,19-22,25-26H,14H2,1-4H3. The number of amides is 4. The number of rotatable bonds is 5. The lowest BCUT2D eigenvalue weighted by molar-refractivity contribution is -0.140. The second-order valence-electron chi connectivity index (χ2n) is 8.46. The van der Waals surface area contributed by atoms with Gasteiger partial charge in [0.2, 0.25) is 11.8 Å². The number of carbonyl (C=O) groups is 3. The van der Waals surface area contributed by atoms with Gasteiger partial charge >= 0.3 is 6.03 Å². The van der Waals surface area contributed by atoms with Crippen molar-refractivity contribution in [3.8, 4) is 0 Å². The average molecular weight is 468 g/mol. The van der Waals surface area contributed by atoms with Crippen molar-refractivity contribution in [2.75, 3.05) is 31.8 Å². The minimum Gasteiger partial charge on any atom is -0.315 e. The number of nitrogens with zero attached hydrogens (tertiary/aromatic N) is 3. The summed E-state index contributed by atoms with van der Waals surface area (Å²) < 4.78 is 0. The van der Waals surface area contributed by atoms with Gasteiger partial charge in [-0.15, -0.1) is 11.8 Å². The zero-order valence-electron chi connectivity index (χ0n) is 19.2. The number of benzene rings is 2. The molecule has 174 valence electrons. The molecule has 4 rings (SSSR count). The van der Waals surface area contributed by atoms with E-state index in [9.17, 15) is 14.4 Å². The van der Waals surface area contributed by atoms with Crippen molar-refractivity contribution < 1.29 is 14.4 Å². The monoisotopic (exact) mass is 467 g/mol. The molecule has 2 aromatic rings. The molecule has 2 aliphatic rings. The molecule has 0 aliphatic carbocycles. The molecule has 2 heterocycles. The molecule has 2 N–H and O–H groups in total. The summed E-state index contributed by atoms with van der Waals surface area (Å²) in [6, 6.07) is 17.2. The molecular weight excluding hydrogens is 438 g/mol. The maximum Gasteiger partial charge on any atom is 0.327 e. The van der Waals surface area contributed by atoms with Crippen LogP contribution in [0, 0.1) is 12.8 Å². The molecule has 2 saturated heterocycles. The third-order valence-corrected chi connectivity index (χ3v) is 7.47. The first-order valence-electron chi connectivity index (χ1n) is 10.8. The van der Waals surface area contributed by atoms with Crippen LogP contribution in [0.3, 0.4) is 0 Å². The van der Waals surface area contributed by atoms with Gasteiger partial charge < -0.3 is 9.80 Å². The van der Waals surface area contributed by atoms with E-state index >= 15 is 0 Å². The smallest absolute Gasteiger partial charge is 0.315 e. The number of urea groups is 1. The summed E-state index contributed by atoms with van der Waals surface area (Å²) in [6.45, 7) is 2.02. The summed E-state index contributed by atoms with van der Waals surface area (Å²) in [6.07, 6.45) is -0.744. The largest absolute Gasteiger partial charge is 0.327 e. The third-order valence-electron chi connectivity index (χ3n) is 6.27. The van der Waals surface area contributed by atoms with Crippen LogP contribution in [0.2, 0.25) is 0 Å². The summed E-state index contributed by atoms with van der Waals surface area (Å²) >= 11 is 1.40. The van der Waals surface area contributed by atoms with Crippen molar-refractivity contribution in [1.82, 2.24) is 20.4 Å². The van der Waals surface area contributed by atoms with E-state index in [0.29, 0.717) is 0 Å². The first-order valence-corrected chi connectivity index (χ1v) is 11.9. The average Bonchev–Trinajstić information content (AvgIpc) is 2.84. The first-order chi connectivity index (χ1) is 15.8. The highest BCUT2D eigenvalue weighted by molar-refractivity contribution is 8.00. The van der Waals surface area contributed by atoms with E-state index in [1.165, 1.54) is 18.8 Å². The van der Waals surface area contributed by atoms with E-state index in [2.05, 4.69) is 10.6 Å². The quantitative estimate of drug-likeness (QED) is 0.703. The Bertz CT molecular complexity index is 1030. The van der Waals surface area contributed by atoms with E-state index in [4.69, 9.17) is 0 Å². The number of imide groups is 1. The lowest BCUT2D eigenvalue weighted by Crippen LogP contribution is -2.72. The molecule has 0 aromatic heterocycles. The van der Waals surface area contributed by atoms with Crippen LogP contribution in [-0.2, 0) is 9.59 Å². The predicted molar refractivity (Wildman–Crippen MR) is 129 cm³/mol. The second kappa shape index (κ2) is 9.54. The molecule has 0 saturated carbocycles. The SMILES string of the molecule is Cc1ccc(C2NC(SCC(=O)N(C)c3ccccc3)C3C(=O)N(C)C(=O)N(C)C3N2)cc1. The predicted octanol–water partition coefficient (Wildman–Crippen LogP) is 2.37. The van der Waals surface area contributed by atoms with Crippen LogP contribution >= 0.6 is 11.8 Å². The Hall–Kier alpha value is -2.88. The highest BCUT2D eigenvalue weighted by atomic mass is 32.2. The van der Waals surface area contributed by atoms with Crippen LogP contribution in [0.5, 0.6) is 0 Å². The Kier molecular flexibility index (Phi) is 6.73. The summed E-state index contributed by atoms with van der Waals surface area (Å²) in [5.74, 6) is -0.649. The highest BCUT2D eigenvalue weighted by Gasteiger charge is 2.51. The van der Waals surface area contributed by atoms with Gasteiger partial charge in [0.1, 0.15) is 0 Å². The first kappa shape index (κ1) is 23.3. The fourth-order valence-electron chi connectivity index (χ4n) is 4.20. The Balaban J connectivity index is 1.56. The number of para-hydroxylation sites is 1. The van der Waals surface area contributed by atoms with Crippen LogP contribution in [0.15, 0.2) is 54.6 Å². The number of anilines is 1. The van der Waals surface area contributed by atoms with Crippen molar-refractivity contribution in [3.63, 3.8) is 0 Å². The molecule has 2 aromatic carbocycles. The number of fused-ring (bicyclic) bond motifs is 1. The lowest BCUT2D eigenvalue weighted by atomic mass is 9.96. The molecule has 0 bridgehead atoms. The van der Waals surface area contributed by atoms with Crippen molar-refractivity contribution in [2.24, 2.45) is 5.92 Å². The van der Waals surface area contributed by atoms with E-state index in [0.717, 1.165) is 21.7 Å². The number of aryl methyl sites for hydroxylation is 1. The van der Waals surface area contributed by atoms with Gasteiger partial charge in [0.15, 0.2) is 0 Å². The van der Waals surface area contributed by atoms with Gasteiger partial charge in [-0.1, -0.05) is 48.0 Å². The van der Waals surface area contributed by atoms with Crippen LogP contribution < -0.4 is 15.5 Å². The molecule has 2 aliphatic heterocycles. The van der Waals surface area contributed by atoms with Gasteiger partial charge in [-0.3, -0.25) is 25.1 Å². The number of hydrogen-bond donors (Lipinski definition) is 2. The molecule has 0 spiro atoms. The second-order valence-corrected chi connectivity index (χ2v) is 9.59. The summed E-state index contributed by atoms with van der Waals surface area (Å²) in [5.41, 5.74) is 2.97. The molecule has 0 radical (unpaired) electrons. The summed E-state index contributed by atoms with van der Waals surface area (Å²) in [4.78, 5) is 42.9. The van der Waals surface area contributed by atoms with Crippen LogP contribution in [0.25, 0.3) is 0 Å². The number of hydrogen-bond acceptors (Lipinski definition) is 6.